The maximum atomic E-state index is 12.5. The molecule has 1 rings (SSSR count). The molecule has 0 unspecified atom stereocenters. The molecule has 8 heteroatoms. The monoisotopic (exact) mass is 278 g/mol. The number of nitrogens with zero attached hydrogens (tertiary/aromatic N) is 1. The predicted molar refractivity (Wildman–Crippen MR) is 61.4 cm³/mol. The zero-order chi connectivity index (χ0) is 14.6. The van der Waals surface area contributed by atoms with Crippen molar-refractivity contribution >= 4 is 5.69 Å². The Kier molecular flexibility index (Phi) is 4.84. The largest absolute Gasteiger partial charge is 0.422 e. The molecule has 1 aromatic rings. The van der Waals surface area contributed by atoms with Gasteiger partial charge in [0.15, 0.2) is 0 Å². The van der Waals surface area contributed by atoms with Gasteiger partial charge in [0.25, 0.3) is 5.69 Å². The van der Waals surface area contributed by atoms with Crippen molar-refractivity contribution in [1.29, 1.82) is 0 Å². The molecule has 5 nitrogen and oxygen atoms in total. The average molecular weight is 278 g/mol. The smallest absolute Gasteiger partial charge is 0.375 e. The summed E-state index contributed by atoms with van der Waals surface area (Å²) in [7, 11) is 0. The number of hydrogen-bond donors (Lipinski definition) is 1. The maximum absolute atomic E-state index is 12.5. The molecule has 19 heavy (non-hydrogen) atoms. The molecule has 0 amide bonds. The zero-order valence-corrected chi connectivity index (χ0v) is 10.1. The lowest BCUT2D eigenvalue weighted by Crippen LogP contribution is -2.21. The lowest BCUT2D eigenvalue weighted by atomic mass is 10.1. The number of nitro benzene ring substituents is 1. The Bertz CT molecular complexity index is 461. The maximum Gasteiger partial charge on any atom is 0.422 e. The number of halogens is 3. The van der Waals surface area contributed by atoms with Gasteiger partial charge in [0, 0.05) is 12.1 Å². The van der Waals surface area contributed by atoms with E-state index in [2.05, 4.69) is 0 Å². The van der Waals surface area contributed by atoms with Crippen LogP contribution in [0.1, 0.15) is 18.1 Å². The van der Waals surface area contributed by atoms with Gasteiger partial charge in [0.1, 0.15) is 5.56 Å². The summed E-state index contributed by atoms with van der Waals surface area (Å²) in [6, 6.07) is 2.48. The van der Waals surface area contributed by atoms with Crippen molar-refractivity contribution in [2.24, 2.45) is 5.73 Å². The first kappa shape index (κ1) is 15.4. The number of alkyl halides is 3. The number of ether oxygens (including phenoxy) is 1. The van der Waals surface area contributed by atoms with E-state index in [1.54, 1.807) is 6.92 Å². The second-order valence-corrected chi connectivity index (χ2v) is 4.10. The standard InChI is InChI=1S/C11H13F3N2O3/c1-7(15)5-19-6-8-2-3-9(11(12,13)14)10(4-8)16(17)18/h2-4,7H,5-6,15H2,1H3/t7-/m1/s1. The SMILES string of the molecule is C[C@@H](N)COCc1ccc(C(F)(F)F)c([N+](=O)[O-])c1. The number of nitro groups is 1. The van der Waals surface area contributed by atoms with Crippen molar-refractivity contribution in [3.63, 3.8) is 0 Å². The molecule has 1 atom stereocenters. The summed E-state index contributed by atoms with van der Waals surface area (Å²) in [5, 5.41) is 10.6. The fourth-order valence-electron chi connectivity index (χ4n) is 1.42. The molecule has 0 fully saturated rings. The van der Waals surface area contributed by atoms with Crippen LogP contribution in [0.15, 0.2) is 18.2 Å². The van der Waals surface area contributed by atoms with E-state index in [9.17, 15) is 23.3 Å². The van der Waals surface area contributed by atoms with Crippen LogP contribution < -0.4 is 5.73 Å². The molecular formula is C11H13F3N2O3. The number of nitrogens with two attached hydrogens (primary N) is 1. The van der Waals surface area contributed by atoms with Gasteiger partial charge < -0.3 is 10.5 Å². The fraction of sp³-hybridized carbons (Fsp3) is 0.455. The van der Waals surface area contributed by atoms with Gasteiger partial charge in [-0.15, -0.1) is 0 Å². The van der Waals surface area contributed by atoms with E-state index in [0.717, 1.165) is 12.1 Å². The first-order valence-electron chi connectivity index (χ1n) is 5.39. The Morgan fingerprint density at radius 3 is 2.58 bits per heavy atom. The summed E-state index contributed by atoms with van der Waals surface area (Å²) in [4.78, 5) is 9.59. The summed E-state index contributed by atoms with van der Waals surface area (Å²) in [5.74, 6) is 0. The van der Waals surface area contributed by atoms with Crippen molar-refractivity contribution in [1.82, 2.24) is 0 Å². The van der Waals surface area contributed by atoms with E-state index >= 15 is 0 Å². The van der Waals surface area contributed by atoms with Gasteiger partial charge in [-0.2, -0.15) is 13.2 Å². The van der Waals surface area contributed by atoms with E-state index in [0.29, 0.717) is 11.6 Å². The highest BCUT2D eigenvalue weighted by molar-refractivity contribution is 5.44. The van der Waals surface area contributed by atoms with Crippen molar-refractivity contribution in [2.45, 2.75) is 25.7 Å². The first-order chi connectivity index (χ1) is 8.71. The van der Waals surface area contributed by atoms with Gasteiger partial charge in [-0.05, 0) is 18.6 Å². The minimum Gasteiger partial charge on any atom is -0.375 e. The molecule has 0 saturated carbocycles. The topological polar surface area (TPSA) is 78.4 Å². The van der Waals surface area contributed by atoms with Gasteiger partial charge in [-0.3, -0.25) is 10.1 Å². The molecule has 0 bridgehead atoms. The molecule has 0 saturated heterocycles. The van der Waals surface area contributed by atoms with Crippen molar-refractivity contribution < 1.29 is 22.8 Å². The van der Waals surface area contributed by atoms with Crippen LogP contribution >= 0.6 is 0 Å². The zero-order valence-electron chi connectivity index (χ0n) is 10.1. The number of hydrogen-bond acceptors (Lipinski definition) is 4. The Balaban J connectivity index is 2.94. The molecular weight excluding hydrogens is 265 g/mol. The van der Waals surface area contributed by atoms with E-state index in [-0.39, 0.29) is 19.3 Å². The Labute approximate surface area is 107 Å². The molecule has 0 radical (unpaired) electrons. The average Bonchev–Trinajstić information content (AvgIpc) is 2.26. The Hall–Kier alpha value is -1.67. The van der Waals surface area contributed by atoms with E-state index in [1.165, 1.54) is 0 Å². The van der Waals surface area contributed by atoms with Crippen LogP contribution in [-0.2, 0) is 17.5 Å². The molecule has 0 aliphatic carbocycles. The molecule has 2 N–H and O–H groups in total. The van der Waals surface area contributed by atoms with Crippen LogP contribution in [0.5, 0.6) is 0 Å². The molecule has 1 aromatic carbocycles. The summed E-state index contributed by atoms with van der Waals surface area (Å²) in [5.41, 5.74) is 3.48. The van der Waals surface area contributed by atoms with Gasteiger partial charge in [-0.1, -0.05) is 6.07 Å². The van der Waals surface area contributed by atoms with Crippen LogP contribution in [0.25, 0.3) is 0 Å². The van der Waals surface area contributed by atoms with Crippen LogP contribution in [0.3, 0.4) is 0 Å². The highest BCUT2D eigenvalue weighted by Crippen LogP contribution is 2.36. The summed E-state index contributed by atoms with van der Waals surface area (Å²) in [6.07, 6.45) is -4.76. The molecule has 0 aliphatic heterocycles. The third-order valence-electron chi connectivity index (χ3n) is 2.21. The second-order valence-electron chi connectivity index (χ2n) is 4.10. The Morgan fingerprint density at radius 2 is 2.11 bits per heavy atom. The minimum atomic E-state index is -4.76. The summed E-state index contributed by atoms with van der Waals surface area (Å²) < 4.78 is 42.8. The summed E-state index contributed by atoms with van der Waals surface area (Å²) >= 11 is 0. The van der Waals surface area contributed by atoms with E-state index in [1.807, 2.05) is 0 Å². The first-order valence-corrected chi connectivity index (χ1v) is 5.39. The van der Waals surface area contributed by atoms with Crippen LogP contribution in [0, 0.1) is 10.1 Å². The molecule has 0 aromatic heterocycles. The highest BCUT2D eigenvalue weighted by Gasteiger charge is 2.38. The van der Waals surface area contributed by atoms with Gasteiger partial charge in [-0.25, -0.2) is 0 Å². The fourth-order valence-corrected chi connectivity index (χ4v) is 1.42. The predicted octanol–water partition coefficient (Wildman–Crippen LogP) is 2.48. The highest BCUT2D eigenvalue weighted by atomic mass is 19.4. The lowest BCUT2D eigenvalue weighted by Gasteiger charge is -2.10. The molecule has 106 valence electrons. The number of rotatable bonds is 5. The number of benzene rings is 1. The van der Waals surface area contributed by atoms with E-state index < -0.39 is 22.4 Å². The van der Waals surface area contributed by atoms with Crippen molar-refractivity contribution in [2.75, 3.05) is 6.61 Å². The summed E-state index contributed by atoms with van der Waals surface area (Å²) in [6.45, 7) is 1.89. The van der Waals surface area contributed by atoms with Crippen LogP contribution in [0.4, 0.5) is 18.9 Å². The molecule has 0 heterocycles. The minimum absolute atomic E-state index is 0.0273. The van der Waals surface area contributed by atoms with Crippen LogP contribution in [0.2, 0.25) is 0 Å². The lowest BCUT2D eigenvalue weighted by molar-refractivity contribution is -0.388. The second kappa shape index (κ2) is 5.98. The van der Waals surface area contributed by atoms with Gasteiger partial charge >= 0.3 is 6.18 Å². The van der Waals surface area contributed by atoms with Gasteiger partial charge in [0.05, 0.1) is 18.1 Å². The van der Waals surface area contributed by atoms with Gasteiger partial charge in [0.2, 0.25) is 0 Å². The quantitative estimate of drug-likeness (QED) is 0.663. The van der Waals surface area contributed by atoms with Crippen LogP contribution in [-0.4, -0.2) is 17.6 Å². The van der Waals surface area contributed by atoms with Crippen molar-refractivity contribution in [3.8, 4) is 0 Å². The third-order valence-corrected chi connectivity index (χ3v) is 2.21. The Morgan fingerprint density at radius 1 is 1.47 bits per heavy atom. The third kappa shape index (κ3) is 4.49. The van der Waals surface area contributed by atoms with E-state index in [4.69, 9.17) is 10.5 Å². The van der Waals surface area contributed by atoms with Crippen molar-refractivity contribution in [3.05, 3.63) is 39.4 Å². The molecule has 0 spiro atoms. The normalized spacial score (nSPS) is 13.3. The molecule has 0 aliphatic rings.